The van der Waals surface area contributed by atoms with E-state index < -0.39 is 5.82 Å². The molecule has 3 nitrogen and oxygen atoms in total. The molecular formula is C11H8ClFN2OS. The molecule has 0 fully saturated rings. The highest BCUT2D eigenvalue weighted by atomic mass is 35.5. The first-order valence-electron chi connectivity index (χ1n) is 4.76. The first-order chi connectivity index (χ1) is 8.06. The number of carbonyl (C=O) groups excluding carboxylic acids is 1. The molecule has 2 aromatic rings. The minimum absolute atomic E-state index is 0.0868. The van der Waals surface area contributed by atoms with Gasteiger partial charge in [0.1, 0.15) is 10.8 Å². The van der Waals surface area contributed by atoms with Gasteiger partial charge in [-0.2, -0.15) is 4.37 Å². The van der Waals surface area contributed by atoms with Crippen molar-refractivity contribution in [1.82, 2.24) is 4.37 Å². The lowest BCUT2D eigenvalue weighted by Gasteiger charge is -2.03. The van der Waals surface area contributed by atoms with Gasteiger partial charge in [0.05, 0.1) is 16.3 Å². The molecule has 0 bridgehead atoms. The monoisotopic (exact) mass is 270 g/mol. The van der Waals surface area contributed by atoms with Gasteiger partial charge in [-0.15, -0.1) is 0 Å². The van der Waals surface area contributed by atoms with Crippen LogP contribution in [0.2, 0.25) is 5.02 Å². The van der Waals surface area contributed by atoms with Crippen molar-refractivity contribution in [2.24, 2.45) is 0 Å². The maximum Gasteiger partial charge on any atom is 0.257 e. The van der Waals surface area contributed by atoms with Crippen molar-refractivity contribution < 1.29 is 9.18 Å². The SMILES string of the molecule is Cc1cc(NC(=O)c2ccc(F)cc2Cl)sn1. The Morgan fingerprint density at radius 2 is 2.24 bits per heavy atom. The van der Waals surface area contributed by atoms with E-state index in [9.17, 15) is 9.18 Å². The summed E-state index contributed by atoms with van der Waals surface area (Å²) in [7, 11) is 0. The van der Waals surface area contributed by atoms with Crippen LogP contribution in [-0.4, -0.2) is 10.3 Å². The van der Waals surface area contributed by atoms with Crippen LogP contribution in [0, 0.1) is 12.7 Å². The maximum absolute atomic E-state index is 12.8. The van der Waals surface area contributed by atoms with E-state index >= 15 is 0 Å². The lowest BCUT2D eigenvalue weighted by atomic mass is 10.2. The van der Waals surface area contributed by atoms with Crippen molar-refractivity contribution in [2.45, 2.75) is 6.92 Å². The highest BCUT2D eigenvalue weighted by Crippen LogP contribution is 2.21. The van der Waals surface area contributed by atoms with E-state index in [1.165, 1.54) is 23.7 Å². The van der Waals surface area contributed by atoms with Crippen molar-refractivity contribution >= 4 is 34.0 Å². The van der Waals surface area contributed by atoms with Crippen LogP contribution in [0.4, 0.5) is 9.39 Å². The lowest BCUT2D eigenvalue weighted by molar-refractivity contribution is 0.102. The fraction of sp³-hybridized carbons (Fsp3) is 0.0909. The minimum Gasteiger partial charge on any atom is -0.312 e. The molecule has 1 heterocycles. The highest BCUT2D eigenvalue weighted by Gasteiger charge is 2.12. The van der Waals surface area contributed by atoms with Gasteiger partial charge >= 0.3 is 0 Å². The molecule has 0 aliphatic rings. The molecule has 0 aliphatic carbocycles. The predicted molar refractivity (Wildman–Crippen MR) is 66.2 cm³/mol. The summed E-state index contributed by atoms with van der Waals surface area (Å²) in [4.78, 5) is 11.8. The number of amides is 1. The van der Waals surface area contributed by atoms with Crippen LogP contribution in [0.5, 0.6) is 0 Å². The van der Waals surface area contributed by atoms with Crippen LogP contribution < -0.4 is 5.32 Å². The van der Waals surface area contributed by atoms with Crippen molar-refractivity contribution in [3.05, 3.63) is 46.4 Å². The smallest absolute Gasteiger partial charge is 0.257 e. The molecule has 0 saturated heterocycles. The number of rotatable bonds is 2. The Balaban J connectivity index is 2.20. The van der Waals surface area contributed by atoms with Gasteiger partial charge in [0.15, 0.2) is 0 Å². The average Bonchev–Trinajstić information content (AvgIpc) is 2.63. The van der Waals surface area contributed by atoms with Gasteiger partial charge in [0.25, 0.3) is 5.91 Å². The summed E-state index contributed by atoms with van der Waals surface area (Å²) in [5, 5.41) is 3.37. The summed E-state index contributed by atoms with van der Waals surface area (Å²) in [5.41, 5.74) is 1.06. The Kier molecular flexibility index (Phi) is 3.40. The second-order valence-corrected chi connectivity index (χ2v) is 4.62. The Labute approximate surface area is 106 Å². The van der Waals surface area contributed by atoms with E-state index in [1.807, 2.05) is 6.92 Å². The Hall–Kier alpha value is -1.46. The molecule has 17 heavy (non-hydrogen) atoms. The second kappa shape index (κ2) is 4.81. The van der Waals surface area contributed by atoms with Gasteiger partial charge in [-0.3, -0.25) is 4.79 Å². The molecule has 1 N–H and O–H groups in total. The van der Waals surface area contributed by atoms with Crippen molar-refractivity contribution in [3.63, 3.8) is 0 Å². The number of anilines is 1. The summed E-state index contributed by atoms with van der Waals surface area (Å²) < 4.78 is 16.9. The van der Waals surface area contributed by atoms with E-state index in [0.717, 1.165) is 11.8 Å². The van der Waals surface area contributed by atoms with Gasteiger partial charge in [-0.25, -0.2) is 4.39 Å². The van der Waals surface area contributed by atoms with Crippen molar-refractivity contribution in [1.29, 1.82) is 0 Å². The number of hydrogen-bond acceptors (Lipinski definition) is 3. The molecule has 0 atom stereocenters. The Bertz CT molecular complexity index is 570. The molecule has 88 valence electrons. The standard InChI is InChI=1S/C11H8ClFN2OS/c1-6-4-10(17-15-6)14-11(16)8-3-2-7(13)5-9(8)12/h2-5H,1H3,(H,14,16). The number of hydrogen-bond donors (Lipinski definition) is 1. The predicted octanol–water partition coefficient (Wildman–Crippen LogP) is 3.50. The molecule has 6 heteroatoms. The van der Waals surface area contributed by atoms with Crippen LogP contribution in [0.15, 0.2) is 24.3 Å². The summed E-state index contributed by atoms with van der Waals surface area (Å²) in [6.07, 6.45) is 0. The molecule has 1 aromatic heterocycles. The molecule has 0 saturated carbocycles. The fourth-order valence-corrected chi connectivity index (χ4v) is 2.19. The fourth-order valence-electron chi connectivity index (χ4n) is 1.28. The minimum atomic E-state index is -0.472. The summed E-state index contributed by atoms with van der Waals surface area (Å²) >= 11 is 6.97. The second-order valence-electron chi connectivity index (χ2n) is 3.41. The van der Waals surface area contributed by atoms with E-state index in [1.54, 1.807) is 6.07 Å². The number of aryl methyl sites for hydroxylation is 1. The number of nitrogens with one attached hydrogen (secondary N) is 1. The van der Waals surface area contributed by atoms with Crippen LogP contribution >= 0.6 is 23.1 Å². The van der Waals surface area contributed by atoms with Crippen molar-refractivity contribution in [3.8, 4) is 0 Å². The number of aromatic nitrogens is 1. The largest absolute Gasteiger partial charge is 0.312 e. The third kappa shape index (κ3) is 2.81. The number of carbonyl (C=O) groups is 1. The summed E-state index contributed by atoms with van der Waals surface area (Å²) in [5.74, 6) is -0.848. The average molecular weight is 271 g/mol. The zero-order valence-electron chi connectivity index (χ0n) is 8.83. The van der Waals surface area contributed by atoms with Gasteiger partial charge < -0.3 is 5.32 Å². The molecule has 0 unspecified atom stereocenters. The van der Waals surface area contributed by atoms with Crippen molar-refractivity contribution in [2.75, 3.05) is 5.32 Å². The molecule has 0 radical (unpaired) electrons. The number of nitrogens with zero attached hydrogens (tertiary/aromatic N) is 1. The normalized spacial score (nSPS) is 10.3. The van der Waals surface area contributed by atoms with Crippen LogP contribution in [-0.2, 0) is 0 Å². The zero-order chi connectivity index (χ0) is 12.4. The molecule has 0 spiro atoms. The third-order valence-electron chi connectivity index (χ3n) is 2.04. The molecule has 2 rings (SSSR count). The van der Waals surface area contributed by atoms with Gasteiger partial charge in [-0.05, 0) is 42.7 Å². The topological polar surface area (TPSA) is 42.0 Å². The van der Waals surface area contributed by atoms with E-state index in [0.29, 0.717) is 5.00 Å². The first-order valence-corrected chi connectivity index (χ1v) is 5.91. The molecule has 1 aromatic carbocycles. The Morgan fingerprint density at radius 3 is 2.82 bits per heavy atom. The first kappa shape index (κ1) is 12.0. The molecule has 0 aliphatic heterocycles. The maximum atomic E-state index is 12.8. The highest BCUT2D eigenvalue weighted by molar-refractivity contribution is 7.10. The van der Waals surface area contributed by atoms with E-state index in [-0.39, 0.29) is 16.5 Å². The number of benzene rings is 1. The molecule has 1 amide bonds. The molecular weight excluding hydrogens is 263 g/mol. The summed E-state index contributed by atoms with van der Waals surface area (Å²) in [6.45, 7) is 1.83. The van der Waals surface area contributed by atoms with Gasteiger partial charge in [-0.1, -0.05) is 11.6 Å². The quantitative estimate of drug-likeness (QED) is 0.907. The van der Waals surface area contributed by atoms with Crippen LogP contribution in [0.25, 0.3) is 0 Å². The van der Waals surface area contributed by atoms with Gasteiger partial charge in [0, 0.05) is 0 Å². The Morgan fingerprint density at radius 1 is 1.47 bits per heavy atom. The lowest BCUT2D eigenvalue weighted by Crippen LogP contribution is -2.11. The number of halogens is 2. The zero-order valence-corrected chi connectivity index (χ0v) is 10.4. The van der Waals surface area contributed by atoms with E-state index in [4.69, 9.17) is 11.6 Å². The van der Waals surface area contributed by atoms with E-state index in [2.05, 4.69) is 9.69 Å². The van der Waals surface area contributed by atoms with Crippen LogP contribution in [0.3, 0.4) is 0 Å². The van der Waals surface area contributed by atoms with Crippen LogP contribution in [0.1, 0.15) is 16.1 Å². The third-order valence-corrected chi connectivity index (χ3v) is 3.15. The summed E-state index contributed by atoms with van der Waals surface area (Å²) in [6, 6.07) is 5.40. The van der Waals surface area contributed by atoms with Gasteiger partial charge in [0.2, 0.25) is 0 Å².